The maximum absolute atomic E-state index is 12.0. The van der Waals surface area contributed by atoms with Gasteiger partial charge >= 0.3 is 0 Å². The fraction of sp³-hybridized carbons (Fsp3) is 0.286. The van der Waals surface area contributed by atoms with Crippen LogP contribution < -0.4 is 5.32 Å². The smallest absolute Gasteiger partial charge is 0.277 e. The number of anilines is 1. The summed E-state index contributed by atoms with van der Waals surface area (Å²) in [6, 6.07) is 3.89. The van der Waals surface area contributed by atoms with Crippen LogP contribution >= 0.6 is 15.9 Å². The average molecular weight is 339 g/mol. The Kier molecular flexibility index (Phi) is 4.25. The van der Waals surface area contributed by atoms with Gasteiger partial charge in [0.1, 0.15) is 5.70 Å². The lowest BCUT2D eigenvalue weighted by Gasteiger charge is -2.15. The summed E-state index contributed by atoms with van der Waals surface area (Å²) >= 11 is 3.46. The molecule has 0 aromatic heterocycles. The minimum Gasteiger partial charge on any atom is -0.395 e. The summed E-state index contributed by atoms with van der Waals surface area (Å²) in [4.78, 5) is 24.7. The van der Waals surface area contributed by atoms with Crippen LogP contribution in [-0.4, -0.2) is 35.0 Å². The van der Waals surface area contributed by atoms with Gasteiger partial charge in [-0.1, -0.05) is 15.9 Å². The molecule has 20 heavy (non-hydrogen) atoms. The van der Waals surface area contributed by atoms with Gasteiger partial charge in [0.25, 0.3) is 11.8 Å². The number of β-amino-alcohol motifs (C(OH)–C–C–N with tert-alkyl or cyclic N) is 1. The summed E-state index contributed by atoms with van der Waals surface area (Å²) < 4.78 is 0.935. The molecular weight excluding hydrogens is 324 g/mol. The Morgan fingerprint density at radius 2 is 2.00 bits per heavy atom. The summed E-state index contributed by atoms with van der Waals surface area (Å²) in [6.45, 7) is 3.63. The molecule has 2 amide bonds. The highest BCUT2D eigenvalue weighted by molar-refractivity contribution is 9.10. The lowest BCUT2D eigenvalue weighted by atomic mass is 10.1. The second-order valence-corrected chi connectivity index (χ2v) is 5.48. The number of imide groups is 1. The van der Waals surface area contributed by atoms with Gasteiger partial charge in [0.15, 0.2) is 0 Å². The van der Waals surface area contributed by atoms with Crippen molar-refractivity contribution in [2.75, 3.05) is 18.5 Å². The first-order valence-electron chi connectivity index (χ1n) is 6.16. The number of carbonyl (C=O) groups excluding carboxylic acids is 2. The standard InChI is InChI=1S/C14H15BrN2O3/c1-8-5-10(15)9(2)11(6-8)16-12-7-13(19)17(3-4-18)14(12)20/h5-7,16,18H,3-4H2,1-2H3. The maximum atomic E-state index is 12.0. The zero-order valence-electron chi connectivity index (χ0n) is 11.2. The largest absolute Gasteiger partial charge is 0.395 e. The van der Waals surface area contributed by atoms with Crippen molar-refractivity contribution in [3.63, 3.8) is 0 Å². The molecule has 106 valence electrons. The van der Waals surface area contributed by atoms with E-state index in [1.807, 2.05) is 26.0 Å². The van der Waals surface area contributed by atoms with Crippen LogP contribution in [0.15, 0.2) is 28.4 Å². The number of nitrogens with one attached hydrogen (secondary N) is 1. The number of halogens is 1. The molecule has 1 aliphatic heterocycles. The summed E-state index contributed by atoms with van der Waals surface area (Å²) in [6.07, 6.45) is 1.26. The number of benzene rings is 1. The van der Waals surface area contributed by atoms with E-state index in [-0.39, 0.29) is 18.8 Å². The molecule has 2 N–H and O–H groups in total. The third kappa shape index (κ3) is 2.76. The van der Waals surface area contributed by atoms with Gasteiger partial charge < -0.3 is 10.4 Å². The predicted octanol–water partition coefficient (Wildman–Crippen LogP) is 1.72. The highest BCUT2D eigenvalue weighted by Gasteiger charge is 2.30. The van der Waals surface area contributed by atoms with Gasteiger partial charge in [-0.3, -0.25) is 14.5 Å². The SMILES string of the molecule is Cc1cc(Br)c(C)c(NC2=CC(=O)N(CCO)C2=O)c1. The van der Waals surface area contributed by atoms with Gasteiger partial charge in [-0.15, -0.1) is 0 Å². The molecule has 5 nitrogen and oxygen atoms in total. The van der Waals surface area contributed by atoms with Crippen LogP contribution in [0, 0.1) is 13.8 Å². The van der Waals surface area contributed by atoms with Crippen LogP contribution in [0.4, 0.5) is 5.69 Å². The number of aliphatic hydroxyl groups is 1. The average Bonchev–Trinajstić information content (AvgIpc) is 2.63. The lowest BCUT2D eigenvalue weighted by Crippen LogP contribution is -2.34. The summed E-state index contributed by atoms with van der Waals surface area (Å²) in [5, 5.41) is 11.9. The molecule has 0 saturated heterocycles. The first-order valence-corrected chi connectivity index (χ1v) is 6.95. The molecule has 0 unspecified atom stereocenters. The van der Waals surface area contributed by atoms with Crippen molar-refractivity contribution < 1.29 is 14.7 Å². The fourth-order valence-corrected chi connectivity index (χ4v) is 2.57. The van der Waals surface area contributed by atoms with Crippen molar-refractivity contribution in [1.82, 2.24) is 4.90 Å². The molecule has 0 fully saturated rings. The Labute approximate surface area is 125 Å². The van der Waals surface area contributed by atoms with Crippen LogP contribution in [0.5, 0.6) is 0 Å². The van der Waals surface area contributed by atoms with Gasteiger partial charge in [-0.05, 0) is 37.1 Å². The Balaban J connectivity index is 2.26. The van der Waals surface area contributed by atoms with Crippen molar-refractivity contribution in [1.29, 1.82) is 0 Å². The highest BCUT2D eigenvalue weighted by Crippen LogP contribution is 2.28. The van der Waals surface area contributed by atoms with Gasteiger partial charge in [0.05, 0.1) is 13.2 Å². The zero-order chi connectivity index (χ0) is 14.9. The molecule has 2 rings (SSSR count). The maximum Gasteiger partial charge on any atom is 0.277 e. The van der Waals surface area contributed by atoms with E-state index in [0.717, 1.165) is 26.2 Å². The second-order valence-electron chi connectivity index (χ2n) is 4.62. The van der Waals surface area contributed by atoms with Crippen molar-refractivity contribution >= 4 is 33.4 Å². The van der Waals surface area contributed by atoms with Crippen molar-refractivity contribution in [3.05, 3.63) is 39.5 Å². The molecule has 0 spiro atoms. The molecule has 1 aromatic carbocycles. The molecule has 0 saturated carbocycles. The number of aryl methyl sites for hydroxylation is 1. The van der Waals surface area contributed by atoms with E-state index >= 15 is 0 Å². The fourth-order valence-electron chi connectivity index (χ4n) is 2.00. The highest BCUT2D eigenvalue weighted by atomic mass is 79.9. The normalized spacial score (nSPS) is 14.8. The third-order valence-corrected chi connectivity index (χ3v) is 3.91. The number of amides is 2. The van der Waals surface area contributed by atoms with Crippen LogP contribution in [0.1, 0.15) is 11.1 Å². The van der Waals surface area contributed by atoms with Crippen LogP contribution in [-0.2, 0) is 9.59 Å². The molecule has 0 aliphatic carbocycles. The number of hydrogen-bond donors (Lipinski definition) is 2. The predicted molar refractivity (Wildman–Crippen MR) is 79.1 cm³/mol. The number of aliphatic hydroxyl groups excluding tert-OH is 1. The molecule has 0 bridgehead atoms. The van der Waals surface area contributed by atoms with E-state index in [4.69, 9.17) is 5.11 Å². The summed E-state index contributed by atoms with van der Waals surface area (Å²) in [5.74, 6) is -0.822. The Morgan fingerprint density at radius 1 is 1.30 bits per heavy atom. The minimum absolute atomic E-state index is 0.00976. The number of carbonyl (C=O) groups is 2. The summed E-state index contributed by atoms with van der Waals surface area (Å²) in [7, 11) is 0. The van der Waals surface area contributed by atoms with Gasteiger partial charge in [-0.2, -0.15) is 0 Å². The minimum atomic E-state index is -0.416. The Morgan fingerprint density at radius 3 is 2.65 bits per heavy atom. The van der Waals surface area contributed by atoms with Gasteiger partial charge in [0.2, 0.25) is 0 Å². The molecule has 6 heteroatoms. The van der Waals surface area contributed by atoms with E-state index in [9.17, 15) is 9.59 Å². The summed E-state index contributed by atoms with van der Waals surface area (Å²) in [5.41, 5.74) is 2.99. The Bertz CT molecular complexity index is 611. The van der Waals surface area contributed by atoms with Crippen molar-refractivity contribution in [3.8, 4) is 0 Å². The number of rotatable bonds is 4. The van der Waals surface area contributed by atoms with Crippen LogP contribution in [0.25, 0.3) is 0 Å². The van der Waals surface area contributed by atoms with Crippen molar-refractivity contribution in [2.45, 2.75) is 13.8 Å². The molecule has 0 atom stereocenters. The number of hydrogen-bond acceptors (Lipinski definition) is 4. The van der Waals surface area contributed by atoms with E-state index < -0.39 is 11.8 Å². The van der Waals surface area contributed by atoms with E-state index in [2.05, 4.69) is 21.2 Å². The molecule has 0 radical (unpaired) electrons. The Hall–Kier alpha value is -1.66. The molecular formula is C14H15BrN2O3. The van der Waals surface area contributed by atoms with E-state index in [0.29, 0.717) is 0 Å². The van der Waals surface area contributed by atoms with Crippen molar-refractivity contribution in [2.24, 2.45) is 0 Å². The van der Waals surface area contributed by atoms with E-state index in [1.54, 1.807) is 0 Å². The lowest BCUT2D eigenvalue weighted by molar-refractivity contribution is -0.137. The molecule has 1 heterocycles. The molecule has 1 aliphatic rings. The van der Waals surface area contributed by atoms with Gasteiger partial charge in [-0.25, -0.2) is 0 Å². The van der Waals surface area contributed by atoms with Crippen LogP contribution in [0.3, 0.4) is 0 Å². The number of nitrogens with zero attached hydrogens (tertiary/aromatic N) is 1. The quantitative estimate of drug-likeness (QED) is 0.820. The first-order chi connectivity index (χ1) is 9.43. The zero-order valence-corrected chi connectivity index (χ0v) is 12.8. The van der Waals surface area contributed by atoms with E-state index in [1.165, 1.54) is 6.08 Å². The first kappa shape index (κ1) is 14.7. The monoisotopic (exact) mass is 338 g/mol. The topological polar surface area (TPSA) is 69.6 Å². The third-order valence-electron chi connectivity index (χ3n) is 3.09. The molecule has 1 aromatic rings. The van der Waals surface area contributed by atoms with Gasteiger partial charge in [0, 0.05) is 16.2 Å². The second kappa shape index (κ2) is 5.76. The van der Waals surface area contributed by atoms with Crippen LogP contribution in [0.2, 0.25) is 0 Å².